The predicted octanol–water partition coefficient (Wildman–Crippen LogP) is 15.2. The third kappa shape index (κ3) is 43.0. The van der Waals surface area contributed by atoms with Gasteiger partial charge in [-0.15, -0.1) is 0 Å². The molecular formula is C44H86O4. The maximum absolute atomic E-state index is 11.9. The highest BCUT2D eigenvalue weighted by Crippen LogP contribution is 2.17. The third-order valence-electron chi connectivity index (χ3n) is 10.3. The Bertz CT molecular complexity index is 633. The van der Waals surface area contributed by atoms with E-state index in [9.17, 15) is 9.59 Å². The number of hydrogen-bond donors (Lipinski definition) is 1. The molecule has 0 amide bonds. The summed E-state index contributed by atoms with van der Waals surface area (Å²) in [5.41, 5.74) is 0. The fourth-order valence-electron chi connectivity index (χ4n) is 6.99. The number of carbonyl (C=O) groups excluding carboxylic acids is 1. The van der Waals surface area contributed by atoms with E-state index in [1.54, 1.807) is 0 Å². The van der Waals surface area contributed by atoms with Gasteiger partial charge in [0, 0.05) is 12.8 Å². The van der Waals surface area contributed by atoms with Gasteiger partial charge in [-0.1, -0.05) is 232 Å². The summed E-state index contributed by atoms with van der Waals surface area (Å²) in [6.45, 7) is 2.90. The molecule has 0 unspecified atom stereocenters. The topological polar surface area (TPSA) is 63.6 Å². The molecule has 4 heteroatoms. The van der Waals surface area contributed by atoms with E-state index in [0.29, 0.717) is 19.4 Å². The lowest BCUT2D eigenvalue weighted by Gasteiger charge is -2.06. The van der Waals surface area contributed by atoms with E-state index < -0.39 is 5.97 Å². The van der Waals surface area contributed by atoms with Gasteiger partial charge in [0.2, 0.25) is 0 Å². The first-order chi connectivity index (χ1) is 23.7. The fourth-order valence-corrected chi connectivity index (χ4v) is 6.99. The molecule has 0 rings (SSSR count). The predicted molar refractivity (Wildman–Crippen MR) is 209 cm³/mol. The molecule has 0 bridgehead atoms. The van der Waals surface area contributed by atoms with E-state index >= 15 is 0 Å². The molecule has 286 valence electrons. The average molecular weight is 679 g/mol. The van der Waals surface area contributed by atoms with Gasteiger partial charge in [0.25, 0.3) is 0 Å². The van der Waals surface area contributed by atoms with Crippen LogP contribution in [0.3, 0.4) is 0 Å². The molecule has 0 aromatic carbocycles. The van der Waals surface area contributed by atoms with Crippen LogP contribution in [0.2, 0.25) is 0 Å². The van der Waals surface area contributed by atoms with Gasteiger partial charge in [0.1, 0.15) is 0 Å². The number of carbonyl (C=O) groups is 2. The number of carboxylic acids is 1. The largest absolute Gasteiger partial charge is 0.481 e. The van der Waals surface area contributed by atoms with Crippen molar-refractivity contribution >= 4 is 11.9 Å². The van der Waals surface area contributed by atoms with Crippen LogP contribution in [0, 0.1) is 0 Å². The zero-order valence-electron chi connectivity index (χ0n) is 32.7. The second kappa shape index (κ2) is 42.1. The summed E-state index contributed by atoms with van der Waals surface area (Å²) < 4.78 is 5.45. The van der Waals surface area contributed by atoms with Crippen molar-refractivity contribution in [2.75, 3.05) is 6.61 Å². The van der Waals surface area contributed by atoms with E-state index in [-0.39, 0.29) is 5.97 Å². The summed E-state index contributed by atoms with van der Waals surface area (Å²) in [4.78, 5) is 22.4. The number of hydrogen-bond acceptors (Lipinski definition) is 3. The summed E-state index contributed by atoms with van der Waals surface area (Å²) >= 11 is 0. The first kappa shape index (κ1) is 46.9. The molecule has 0 saturated carbocycles. The van der Waals surface area contributed by atoms with Crippen molar-refractivity contribution < 1.29 is 19.4 Å². The Balaban J connectivity index is 3.12. The summed E-state index contributed by atoms with van der Waals surface area (Å²) in [6.07, 6.45) is 51.5. The number of carboxylic acid groups (broad SMARTS) is 1. The first-order valence-electron chi connectivity index (χ1n) is 22.0. The van der Waals surface area contributed by atoms with Gasteiger partial charge in [-0.25, -0.2) is 0 Å². The van der Waals surface area contributed by atoms with Gasteiger partial charge in [-0.05, 0) is 19.3 Å². The van der Waals surface area contributed by atoms with Crippen LogP contribution in [-0.4, -0.2) is 23.7 Å². The number of aliphatic carboxylic acids is 1. The summed E-state index contributed by atoms with van der Waals surface area (Å²) in [7, 11) is 0. The van der Waals surface area contributed by atoms with Crippen molar-refractivity contribution in [3.63, 3.8) is 0 Å². The zero-order chi connectivity index (χ0) is 34.9. The molecule has 0 radical (unpaired) electrons. The quantitative estimate of drug-likeness (QED) is 0.0515. The van der Waals surface area contributed by atoms with Crippen LogP contribution in [0.4, 0.5) is 0 Å². The molecule has 0 spiro atoms. The third-order valence-corrected chi connectivity index (χ3v) is 10.3. The zero-order valence-corrected chi connectivity index (χ0v) is 32.7. The maximum Gasteiger partial charge on any atom is 0.305 e. The smallest absolute Gasteiger partial charge is 0.305 e. The maximum atomic E-state index is 11.9. The lowest BCUT2D eigenvalue weighted by Crippen LogP contribution is -2.05. The van der Waals surface area contributed by atoms with Crippen molar-refractivity contribution in [1.29, 1.82) is 0 Å². The van der Waals surface area contributed by atoms with E-state index in [1.165, 1.54) is 218 Å². The van der Waals surface area contributed by atoms with Crippen LogP contribution in [0.1, 0.15) is 264 Å². The molecule has 0 aliphatic heterocycles. The Kier molecular flexibility index (Phi) is 41.2. The number of unbranched alkanes of at least 4 members (excludes halogenated alkanes) is 36. The Labute approximate surface area is 301 Å². The van der Waals surface area contributed by atoms with Gasteiger partial charge in [0.15, 0.2) is 0 Å². The average Bonchev–Trinajstić information content (AvgIpc) is 3.08. The highest BCUT2D eigenvalue weighted by Gasteiger charge is 2.03. The van der Waals surface area contributed by atoms with Crippen molar-refractivity contribution in [2.45, 2.75) is 264 Å². The summed E-state index contributed by atoms with van der Waals surface area (Å²) in [5, 5.41) is 8.65. The summed E-state index contributed by atoms with van der Waals surface area (Å²) in [6, 6.07) is 0. The molecule has 0 aliphatic carbocycles. The van der Waals surface area contributed by atoms with Gasteiger partial charge < -0.3 is 9.84 Å². The molecule has 0 aromatic rings. The second-order valence-corrected chi connectivity index (χ2v) is 15.2. The highest BCUT2D eigenvalue weighted by atomic mass is 16.5. The monoisotopic (exact) mass is 679 g/mol. The SMILES string of the molecule is CCCCCCCCCCCCCC(=O)OCCCCCCCCCCCCCCCCCCCCCCCCCCCCCC(=O)O. The van der Waals surface area contributed by atoms with Crippen molar-refractivity contribution in [1.82, 2.24) is 0 Å². The molecule has 4 nitrogen and oxygen atoms in total. The van der Waals surface area contributed by atoms with Crippen LogP contribution in [0.5, 0.6) is 0 Å². The molecule has 0 heterocycles. The molecule has 0 saturated heterocycles. The standard InChI is InChI=1S/C44H86O4/c1-2-3-4-5-6-7-25-29-32-35-38-41-44(47)48-42-39-36-33-30-27-24-22-20-18-16-14-12-10-8-9-11-13-15-17-19-21-23-26-28-31-34-37-40-43(45)46/h2-42H2,1H3,(H,45,46). The highest BCUT2D eigenvalue weighted by molar-refractivity contribution is 5.69. The normalized spacial score (nSPS) is 11.4. The minimum Gasteiger partial charge on any atom is -0.481 e. The molecular weight excluding hydrogens is 592 g/mol. The lowest BCUT2D eigenvalue weighted by atomic mass is 10.0. The summed E-state index contributed by atoms with van der Waals surface area (Å²) in [5.74, 6) is -0.633. The molecule has 0 aliphatic rings. The van der Waals surface area contributed by atoms with Gasteiger partial charge in [-0.2, -0.15) is 0 Å². The molecule has 1 N–H and O–H groups in total. The van der Waals surface area contributed by atoms with Gasteiger partial charge in [-0.3, -0.25) is 9.59 Å². The van der Waals surface area contributed by atoms with Crippen LogP contribution in [0.25, 0.3) is 0 Å². The minimum absolute atomic E-state index is 0.0201. The van der Waals surface area contributed by atoms with Crippen LogP contribution in [0.15, 0.2) is 0 Å². The van der Waals surface area contributed by atoms with E-state index in [2.05, 4.69) is 6.92 Å². The van der Waals surface area contributed by atoms with Gasteiger partial charge in [0.05, 0.1) is 6.61 Å². The Morgan fingerprint density at radius 3 is 0.833 bits per heavy atom. The number of esters is 1. The Morgan fingerprint density at radius 1 is 0.333 bits per heavy atom. The number of rotatable bonds is 42. The van der Waals surface area contributed by atoms with E-state index in [0.717, 1.165) is 25.7 Å². The first-order valence-corrected chi connectivity index (χ1v) is 22.0. The van der Waals surface area contributed by atoms with Crippen molar-refractivity contribution in [2.24, 2.45) is 0 Å². The van der Waals surface area contributed by atoms with E-state index in [4.69, 9.17) is 9.84 Å². The molecule has 0 aromatic heterocycles. The molecule has 48 heavy (non-hydrogen) atoms. The van der Waals surface area contributed by atoms with Crippen molar-refractivity contribution in [3.05, 3.63) is 0 Å². The molecule has 0 fully saturated rings. The Hall–Kier alpha value is -1.06. The van der Waals surface area contributed by atoms with Crippen molar-refractivity contribution in [3.8, 4) is 0 Å². The van der Waals surface area contributed by atoms with Crippen LogP contribution in [-0.2, 0) is 14.3 Å². The fraction of sp³-hybridized carbons (Fsp3) is 0.955. The van der Waals surface area contributed by atoms with E-state index in [1.807, 2.05) is 0 Å². The second-order valence-electron chi connectivity index (χ2n) is 15.2. The van der Waals surface area contributed by atoms with Crippen LogP contribution < -0.4 is 0 Å². The minimum atomic E-state index is -0.654. The lowest BCUT2D eigenvalue weighted by molar-refractivity contribution is -0.144. The Morgan fingerprint density at radius 2 is 0.562 bits per heavy atom. The number of ether oxygens (including phenoxy) is 1. The van der Waals surface area contributed by atoms with Gasteiger partial charge >= 0.3 is 11.9 Å². The molecule has 0 atom stereocenters. The van der Waals surface area contributed by atoms with Crippen LogP contribution >= 0.6 is 0 Å².